The van der Waals surface area contributed by atoms with E-state index in [1.54, 1.807) is 0 Å². The van der Waals surface area contributed by atoms with E-state index in [9.17, 15) is 14.4 Å². The molecular formula is C10H14O5. The lowest BCUT2D eigenvalue weighted by atomic mass is 10.0. The molecule has 5 heteroatoms. The van der Waals surface area contributed by atoms with E-state index in [0.29, 0.717) is 19.3 Å². The summed E-state index contributed by atoms with van der Waals surface area (Å²) in [5, 5.41) is 0. The standard InChI is InChI=1S/C10H14O5/c1-14-8(12)10(9(13)15-2)6-7(10)4-3-5-11/h5,7H,3-4,6H2,1-2H3. The lowest BCUT2D eigenvalue weighted by Crippen LogP contribution is -2.30. The topological polar surface area (TPSA) is 69.7 Å². The van der Waals surface area contributed by atoms with Gasteiger partial charge in [0.2, 0.25) is 0 Å². The molecule has 0 aromatic heterocycles. The molecule has 0 saturated heterocycles. The Morgan fingerprint density at radius 2 is 1.87 bits per heavy atom. The second-order valence-corrected chi connectivity index (χ2v) is 3.60. The van der Waals surface area contributed by atoms with Crippen LogP contribution in [0.25, 0.3) is 0 Å². The Morgan fingerprint density at radius 1 is 1.33 bits per heavy atom. The number of methoxy groups -OCH3 is 2. The Hall–Kier alpha value is -1.39. The van der Waals surface area contributed by atoms with Gasteiger partial charge in [-0.2, -0.15) is 0 Å². The van der Waals surface area contributed by atoms with Gasteiger partial charge in [0, 0.05) is 6.42 Å². The average molecular weight is 214 g/mol. The van der Waals surface area contributed by atoms with Gasteiger partial charge in [-0.15, -0.1) is 0 Å². The van der Waals surface area contributed by atoms with Crippen LogP contribution in [0.3, 0.4) is 0 Å². The van der Waals surface area contributed by atoms with Crippen molar-refractivity contribution in [1.82, 2.24) is 0 Å². The van der Waals surface area contributed by atoms with Gasteiger partial charge < -0.3 is 14.3 Å². The van der Waals surface area contributed by atoms with Crippen LogP contribution in [0, 0.1) is 11.3 Å². The van der Waals surface area contributed by atoms with Crippen LogP contribution in [0.2, 0.25) is 0 Å². The minimum absolute atomic E-state index is 0.123. The molecular weight excluding hydrogens is 200 g/mol. The molecule has 0 bridgehead atoms. The second kappa shape index (κ2) is 4.42. The molecule has 1 unspecified atom stereocenters. The van der Waals surface area contributed by atoms with Gasteiger partial charge in [0.05, 0.1) is 14.2 Å². The number of ether oxygens (including phenoxy) is 2. The van der Waals surface area contributed by atoms with Gasteiger partial charge in [-0.05, 0) is 18.8 Å². The quantitative estimate of drug-likeness (QED) is 0.374. The van der Waals surface area contributed by atoms with Crippen LogP contribution in [-0.4, -0.2) is 32.4 Å². The van der Waals surface area contributed by atoms with Crippen molar-refractivity contribution in [2.45, 2.75) is 19.3 Å². The van der Waals surface area contributed by atoms with Crippen molar-refractivity contribution in [1.29, 1.82) is 0 Å². The first kappa shape index (κ1) is 11.7. The minimum Gasteiger partial charge on any atom is -0.468 e. The minimum atomic E-state index is -1.15. The monoisotopic (exact) mass is 214 g/mol. The maximum absolute atomic E-state index is 11.5. The van der Waals surface area contributed by atoms with Gasteiger partial charge in [-0.3, -0.25) is 9.59 Å². The number of carbonyl (C=O) groups is 3. The van der Waals surface area contributed by atoms with Crippen molar-refractivity contribution < 1.29 is 23.9 Å². The van der Waals surface area contributed by atoms with E-state index in [1.807, 2.05) is 0 Å². The molecule has 1 saturated carbocycles. The van der Waals surface area contributed by atoms with Gasteiger partial charge in [-0.25, -0.2) is 0 Å². The molecule has 0 heterocycles. The molecule has 1 fully saturated rings. The molecule has 0 aliphatic heterocycles. The maximum Gasteiger partial charge on any atom is 0.323 e. The molecule has 0 aromatic rings. The number of esters is 2. The molecule has 1 aliphatic carbocycles. The van der Waals surface area contributed by atoms with Gasteiger partial charge in [0.15, 0.2) is 5.41 Å². The summed E-state index contributed by atoms with van der Waals surface area (Å²) in [7, 11) is 2.48. The van der Waals surface area contributed by atoms with Gasteiger partial charge >= 0.3 is 11.9 Å². The molecule has 0 spiro atoms. The van der Waals surface area contributed by atoms with Crippen LogP contribution in [0.1, 0.15) is 19.3 Å². The largest absolute Gasteiger partial charge is 0.468 e. The van der Waals surface area contributed by atoms with Crippen molar-refractivity contribution >= 4 is 18.2 Å². The van der Waals surface area contributed by atoms with E-state index in [0.717, 1.165) is 6.29 Å². The van der Waals surface area contributed by atoms with E-state index in [1.165, 1.54) is 14.2 Å². The second-order valence-electron chi connectivity index (χ2n) is 3.60. The normalized spacial score (nSPS) is 21.6. The Labute approximate surface area is 87.7 Å². The zero-order valence-corrected chi connectivity index (χ0v) is 8.82. The molecule has 0 radical (unpaired) electrons. The van der Waals surface area contributed by atoms with E-state index in [-0.39, 0.29) is 5.92 Å². The molecule has 1 atom stereocenters. The predicted octanol–water partition coefficient (Wildman–Crippen LogP) is 0.318. The summed E-state index contributed by atoms with van der Waals surface area (Å²) >= 11 is 0. The summed E-state index contributed by atoms with van der Waals surface area (Å²) < 4.78 is 9.17. The van der Waals surface area contributed by atoms with Gasteiger partial charge in [0.1, 0.15) is 6.29 Å². The predicted molar refractivity (Wildman–Crippen MR) is 49.9 cm³/mol. The fourth-order valence-corrected chi connectivity index (χ4v) is 1.90. The van der Waals surface area contributed by atoms with Crippen LogP contribution in [-0.2, 0) is 23.9 Å². The van der Waals surface area contributed by atoms with Crippen molar-refractivity contribution in [3.63, 3.8) is 0 Å². The van der Waals surface area contributed by atoms with Crippen LogP contribution >= 0.6 is 0 Å². The lowest BCUT2D eigenvalue weighted by molar-refractivity contribution is -0.162. The number of carbonyl (C=O) groups excluding carboxylic acids is 3. The van der Waals surface area contributed by atoms with E-state index < -0.39 is 17.4 Å². The lowest BCUT2D eigenvalue weighted by Gasteiger charge is -2.11. The van der Waals surface area contributed by atoms with E-state index in [2.05, 4.69) is 9.47 Å². The van der Waals surface area contributed by atoms with E-state index in [4.69, 9.17) is 0 Å². The van der Waals surface area contributed by atoms with Crippen molar-refractivity contribution in [2.24, 2.45) is 11.3 Å². The van der Waals surface area contributed by atoms with Crippen LogP contribution < -0.4 is 0 Å². The molecule has 0 amide bonds. The average Bonchev–Trinajstić information content (AvgIpc) is 2.99. The summed E-state index contributed by atoms with van der Waals surface area (Å²) in [6.45, 7) is 0. The SMILES string of the molecule is COC(=O)C1(C(=O)OC)CC1CCC=O. The summed E-state index contributed by atoms with van der Waals surface area (Å²) in [5.41, 5.74) is -1.15. The van der Waals surface area contributed by atoms with Gasteiger partial charge in [0.25, 0.3) is 0 Å². The summed E-state index contributed by atoms with van der Waals surface area (Å²) in [6.07, 6.45) is 2.06. The third kappa shape index (κ3) is 1.86. The van der Waals surface area contributed by atoms with E-state index >= 15 is 0 Å². The fourth-order valence-electron chi connectivity index (χ4n) is 1.90. The smallest absolute Gasteiger partial charge is 0.323 e. The summed E-state index contributed by atoms with van der Waals surface area (Å²) in [4.78, 5) is 33.1. The number of rotatable bonds is 5. The highest BCUT2D eigenvalue weighted by Crippen LogP contribution is 2.56. The molecule has 1 aliphatic rings. The Balaban J connectivity index is 2.71. The summed E-state index contributed by atoms with van der Waals surface area (Å²) in [6, 6.07) is 0. The van der Waals surface area contributed by atoms with Crippen LogP contribution in [0.15, 0.2) is 0 Å². The molecule has 1 rings (SSSR count). The number of aldehydes is 1. The highest BCUT2D eigenvalue weighted by molar-refractivity contribution is 6.03. The van der Waals surface area contributed by atoms with Crippen molar-refractivity contribution in [3.05, 3.63) is 0 Å². The first-order chi connectivity index (χ1) is 7.13. The molecule has 0 aromatic carbocycles. The molecule has 15 heavy (non-hydrogen) atoms. The molecule has 0 N–H and O–H groups in total. The highest BCUT2D eigenvalue weighted by Gasteiger charge is 2.67. The molecule has 84 valence electrons. The Morgan fingerprint density at radius 3 is 2.27 bits per heavy atom. The van der Waals surface area contributed by atoms with Gasteiger partial charge in [-0.1, -0.05) is 0 Å². The Bertz CT molecular complexity index is 268. The molecule has 5 nitrogen and oxygen atoms in total. The van der Waals surface area contributed by atoms with Crippen LogP contribution in [0.5, 0.6) is 0 Å². The fraction of sp³-hybridized carbons (Fsp3) is 0.700. The Kier molecular flexibility index (Phi) is 3.44. The first-order valence-corrected chi connectivity index (χ1v) is 4.74. The summed E-state index contributed by atoms with van der Waals surface area (Å²) in [5.74, 6) is -1.25. The van der Waals surface area contributed by atoms with Crippen LogP contribution in [0.4, 0.5) is 0 Å². The number of hydrogen-bond donors (Lipinski definition) is 0. The highest BCUT2D eigenvalue weighted by atomic mass is 16.5. The van der Waals surface area contributed by atoms with Crippen molar-refractivity contribution in [3.8, 4) is 0 Å². The zero-order valence-electron chi connectivity index (χ0n) is 8.82. The first-order valence-electron chi connectivity index (χ1n) is 4.74. The third-order valence-electron chi connectivity index (χ3n) is 2.84. The third-order valence-corrected chi connectivity index (χ3v) is 2.84. The zero-order chi connectivity index (χ0) is 11.5. The van der Waals surface area contributed by atoms with Crippen molar-refractivity contribution in [2.75, 3.05) is 14.2 Å². The number of hydrogen-bond acceptors (Lipinski definition) is 5. The maximum atomic E-state index is 11.5.